The Bertz CT molecular complexity index is 61.9. The van der Waals surface area contributed by atoms with Crippen LogP contribution in [0.15, 0.2) is 12.2 Å². The molecule has 0 nitrogen and oxygen atoms in total. The van der Waals surface area contributed by atoms with Crippen molar-refractivity contribution in [2.24, 2.45) is 0 Å². The molecule has 1 aliphatic heterocycles. The van der Waals surface area contributed by atoms with Crippen molar-refractivity contribution < 1.29 is 0 Å². The van der Waals surface area contributed by atoms with Crippen molar-refractivity contribution in [3.8, 4) is 0 Å². The Labute approximate surface area is 51.7 Å². The predicted molar refractivity (Wildman–Crippen MR) is 33.4 cm³/mol. The molecule has 0 aromatic heterocycles. The zero-order valence-corrected chi connectivity index (χ0v) is 8.41. The molecule has 32 valence electrons. The molecular formula is C4H6BrIn. The van der Waals surface area contributed by atoms with Crippen LogP contribution in [0.3, 0.4) is 0 Å². The predicted octanol–water partition coefficient (Wildman–Crippen LogP) is 1.94. The summed E-state index contributed by atoms with van der Waals surface area (Å²) in [5, 5.41) is 0. The molecule has 0 atom stereocenters. The Kier molecular flexibility index (Phi) is 2.10. The fourth-order valence-electron chi connectivity index (χ4n) is 0.584. The molecule has 0 spiro atoms. The summed E-state index contributed by atoms with van der Waals surface area (Å²) in [7, 11) is 0. The molecule has 0 fully saturated rings. The normalized spacial score (nSPS) is 19.8. The van der Waals surface area contributed by atoms with Crippen LogP contribution in [0.1, 0.15) is 0 Å². The van der Waals surface area contributed by atoms with Gasteiger partial charge in [0.05, 0.1) is 0 Å². The quantitative estimate of drug-likeness (QED) is 0.575. The second-order valence-electron chi connectivity index (χ2n) is 1.54. The number of halogens is 1. The zero-order valence-electron chi connectivity index (χ0n) is 3.52. The Hall–Kier alpha value is 1.09. The number of hydrogen-bond donors (Lipinski definition) is 0. The molecule has 0 radical (unpaired) electrons. The second kappa shape index (κ2) is 2.41. The third kappa shape index (κ3) is 1.30. The molecule has 1 aliphatic rings. The van der Waals surface area contributed by atoms with Crippen LogP contribution in [0, 0.1) is 0 Å². The van der Waals surface area contributed by atoms with Crippen molar-refractivity contribution in [1.29, 1.82) is 0 Å². The average Bonchev–Trinajstić information content (AvgIpc) is 1.86. The van der Waals surface area contributed by atoms with Crippen LogP contribution in [0.25, 0.3) is 0 Å². The van der Waals surface area contributed by atoms with E-state index in [1.54, 1.807) is 0 Å². The Morgan fingerprint density at radius 3 is 2.00 bits per heavy atom. The molecular weight excluding hydrogens is 243 g/mol. The summed E-state index contributed by atoms with van der Waals surface area (Å²) in [6.45, 7) is 0. The first-order valence-corrected chi connectivity index (χ1v) is 14.2. The van der Waals surface area contributed by atoms with Gasteiger partial charge < -0.3 is 0 Å². The monoisotopic (exact) mass is 248 g/mol. The van der Waals surface area contributed by atoms with Crippen LogP contribution in [-0.4, -0.2) is 19.1 Å². The minimum atomic E-state index is -0.909. The number of rotatable bonds is 0. The molecule has 0 amide bonds. The SMILES string of the molecule is [Br][In]1[CH2]C=C[CH2]1. The van der Waals surface area contributed by atoms with Gasteiger partial charge in [-0.3, -0.25) is 0 Å². The van der Waals surface area contributed by atoms with Crippen molar-refractivity contribution in [1.82, 2.24) is 0 Å². The van der Waals surface area contributed by atoms with Gasteiger partial charge in [-0.2, -0.15) is 0 Å². The summed E-state index contributed by atoms with van der Waals surface area (Å²) in [5.41, 5.74) is 0. The first kappa shape index (κ1) is 5.23. The van der Waals surface area contributed by atoms with Gasteiger partial charge in [0.25, 0.3) is 0 Å². The van der Waals surface area contributed by atoms with Crippen LogP contribution in [0.2, 0.25) is 8.35 Å². The van der Waals surface area contributed by atoms with Crippen molar-refractivity contribution >= 4 is 31.4 Å². The van der Waals surface area contributed by atoms with E-state index in [2.05, 4.69) is 24.4 Å². The Morgan fingerprint density at radius 2 is 1.83 bits per heavy atom. The maximum absolute atomic E-state index is 3.69. The van der Waals surface area contributed by atoms with E-state index in [4.69, 9.17) is 0 Å². The number of hydrogen-bond acceptors (Lipinski definition) is 0. The standard InChI is InChI=1S/C4H6.BrH.In/c1-3-4-2;;/h3-4H,1-2H2;1H;/q;;+1/p-1. The Morgan fingerprint density at radius 1 is 1.33 bits per heavy atom. The third-order valence-electron chi connectivity index (χ3n) is 0.950. The van der Waals surface area contributed by atoms with Crippen LogP contribution in [0.4, 0.5) is 0 Å². The van der Waals surface area contributed by atoms with E-state index in [1.165, 1.54) is 8.35 Å². The fourth-order valence-corrected chi connectivity index (χ4v) is 6.81. The molecule has 0 aliphatic carbocycles. The number of allylic oxidation sites excluding steroid dienone is 2. The van der Waals surface area contributed by atoms with E-state index >= 15 is 0 Å². The van der Waals surface area contributed by atoms with Crippen LogP contribution >= 0.6 is 12.3 Å². The van der Waals surface area contributed by atoms with Crippen LogP contribution in [-0.2, 0) is 0 Å². The van der Waals surface area contributed by atoms with Gasteiger partial charge in [-0.15, -0.1) is 0 Å². The van der Waals surface area contributed by atoms with E-state index in [0.717, 1.165) is 0 Å². The van der Waals surface area contributed by atoms with E-state index in [-0.39, 0.29) is 0 Å². The molecule has 0 aromatic rings. The van der Waals surface area contributed by atoms with E-state index in [1.807, 2.05) is 0 Å². The van der Waals surface area contributed by atoms with Gasteiger partial charge in [0, 0.05) is 0 Å². The van der Waals surface area contributed by atoms with E-state index in [9.17, 15) is 0 Å². The summed E-state index contributed by atoms with van der Waals surface area (Å²) < 4.78 is 2.86. The van der Waals surface area contributed by atoms with Gasteiger partial charge >= 0.3 is 51.9 Å². The summed E-state index contributed by atoms with van der Waals surface area (Å²) in [6.07, 6.45) is 4.60. The van der Waals surface area contributed by atoms with Crippen LogP contribution < -0.4 is 0 Å². The average molecular weight is 249 g/mol. The first-order valence-electron chi connectivity index (χ1n) is 2.18. The summed E-state index contributed by atoms with van der Waals surface area (Å²) >= 11 is 2.78. The molecule has 0 saturated heterocycles. The van der Waals surface area contributed by atoms with E-state index < -0.39 is 19.1 Å². The molecule has 1 rings (SSSR count). The topological polar surface area (TPSA) is 0 Å². The second-order valence-corrected chi connectivity index (χ2v) is 16.3. The maximum atomic E-state index is 3.69. The third-order valence-corrected chi connectivity index (χ3v) is 10.4. The fraction of sp³-hybridized carbons (Fsp3) is 0.500. The minimum absolute atomic E-state index is 0.909. The van der Waals surface area contributed by atoms with Crippen molar-refractivity contribution in [3.05, 3.63) is 12.2 Å². The molecule has 0 bridgehead atoms. The molecule has 0 N–H and O–H groups in total. The van der Waals surface area contributed by atoms with Gasteiger partial charge in [-0.25, -0.2) is 0 Å². The van der Waals surface area contributed by atoms with Crippen LogP contribution in [0.5, 0.6) is 0 Å². The molecule has 0 saturated carbocycles. The molecule has 6 heavy (non-hydrogen) atoms. The Balaban J connectivity index is 2.32. The van der Waals surface area contributed by atoms with Crippen molar-refractivity contribution in [2.75, 3.05) is 0 Å². The first-order chi connectivity index (χ1) is 2.89. The van der Waals surface area contributed by atoms with Gasteiger partial charge in [-0.1, -0.05) is 0 Å². The van der Waals surface area contributed by atoms with Gasteiger partial charge in [0.15, 0.2) is 0 Å². The molecule has 0 aromatic carbocycles. The molecule has 2 heteroatoms. The van der Waals surface area contributed by atoms with E-state index in [0.29, 0.717) is 0 Å². The van der Waals surface area contributed by atoms with Crippen molar-refractivity contribution in [2.45, 2.75) is 8.35 Å². The molecule has 1 heterocycles. The summed E-state index contributed by atoms with van der Waals surface area (Å²) in [4.78, 5) is 0. The van der Waals surface area contributed by atoms with Gasteiger partial charge in [0.2, 0.25) is 0 Å². The zero-order chi connectivity index (χ0) is 4.41. The summed E-state index contributed by atoms with van der Waals surface area (Å²) in [6, 6.07) is 0. The summed E-state index contributed by atoms with van der Waals surface area (Å²) in [5.74, 6) is 0. The van der Waals surface area contributed by atoms with Gasteiger partial charge in [0.1, 0.15) is 0 Å². The van der Waals surface area contributed by atoms with Crippen molar-refractivity contribution in [3.63, 3.8) is 0 Å². The van der Waals surface area contributed by atoms with Gasteiger partial charge in [-0.05, 0) is 0 Å². The molecule has 0 unspecified atom stereocenters.